The molecule has 0 bridgehead atoms. The van der Waals surface area contributed by atoms with Gasteiger partial charge >= 0.3 is 0 Å². The molecular weight excluding hydrogens is 485 g/mol. The molecule has 1 N–H and O–H groups in total. The lowest BCUT2D eigenvalue weighted by molar-refractivity contribution is -0.126. The second kappa shape index (κ2) is 9.21. The third kappa shape index (κ3) is 3.97. The summed E-state index contributed by atoms with van der Waals surface area (Å²) >= 11 is 0. The Morgan fingerprint density at radius 3 is 2.47 bits per heavy atom. The topological polar surface area (TPSA) is 88.4 Å². The van der Waals surface area contributed by atoms with Crippen molar-refractivity contribution in [3.63, 3.8) is 0 Å². The number of aryl methyl sites for hydroxylation is 2. The average molecular weight is 514 g/mol. The second-order valence-electron chi connectivity index (χ2n) is 9.77. The van der Waals surface area contributed by atoms with Gasteiger partial charge in [0.2, 0.25) is 5.95 Å². The number of anilines is 5. The molecule has 1 fully saturated rings. The van der Waals surface area contributed by atoms with Crippen molar-refractivity contribution in [1.82, 2.24) is 19.5 Å². The Labute approximate surface area is 219 Å². The third-order valence-electron chi connectivity index (χ3n) is 7.40. The number of hydrogen-bond donors (Lipinski definition) is 1. The quantitative estimate of drug-likeness (QED) is 0.418. The van der Waals surface area contributed by atoms with Crippen LogP contribution in [-0.2, 0) is 9.53 Å². The number of rotatable bonds is 4. The zero-order valence-corrected chi connectivity index (χ0v) is 21.5. The fourth-order valence-corrected chi connectivity index (χ4v) is 5.30. The zero-order chi connectivity index (χ0) is 26.4. The molecule has 10 heteroatoms. The summed E-state index contributed by atoms with van der Waals surface area (Å²) in [4.78, 5) is 31.3. The van der Waals surface area contributed by atoms with E-state index in [1.54, 1.807) is 29.6 Å². The van der Waals surface area contributed by atoms with Crippen LogP contribution in [0.4, 0.5) is 33.2 Å². The van der Waals surface area contributed by atoms with E-state index in [-0.39, 0.29) is 11.7 Å². The Morgan fingerprint density at radius 2 is 1.79 bits per heavy atom. The van der Waals surface area contributed by atoms with Gasteiger partial charge in [0, 0.05) is 56.4 Å². The number of hydrogen-bond acceptors (Lipinski definition) is 7. The highest BCUT2D eigenvalue weighted by molar-refractivity contribution is 6.12. The molecule has 0 saturated carbocycles. The van der Waals surface area contributed by atoms with Crippen molar-refractivity contribution in [3.05, 3.63) is 78.3 Å². The van der Waals surface area contributed by atoms with Crippen LogP contribution in [0.5, 0.6) is 0 Å². The van der Waals surface area contributed by atoms with E-state index in [1.165, 1.54) is 12.1 Å². The van der Waals surface area contributed by atoms with Crippen molar-refractivity contribution >= 4 is 34.7 Å². The predicted molar refractivity (Wildman–Crippen MR) is 143 cm³/mol. The van der Waals surface area contributed by atoms with Crippen LogP contribution in [0.3, 0.4) is 0 Å². The number of fused-ring (bicyclic) bond motifs is 1. The third-order valence-corrected chi connectivity index (χ3v) is 7.40. The number of amides is 1. The van der Waals surface area contributed by atoms with E-state index in [2.05, 4.69) is 15.3 Å². The molecule has 0 unspecified atom stereocenters. The van der Waals surface area contributed by atoms with Gasteiger partial charge in [-0.2, -0.15) is 4.98 Å². The molecule has 1 spiro atoms. The molecule has 2 aromatic heterocycles. The van der Waals surface area contributed by atoms with E-state index >= 15 is 0 Å². The number of ether oxygens (including phenoxy) is 1. The highest BCUT2D eigenvalue weighted by Crippen LogP contribution is 2.46. The molecule has 194 valence electrons. The van der Waals surface area contributed by atoms with Crippen molar-refractivity contribution in [2.45, 2.75) is 32.2 Å². The smallest absolute Gasteiger partial charge is 0.257 e. The van der Waals surface area contributed by atoms with E-state index < -0.39 is 5.54 Å². The summed E-state index contributed by atoms with van der Waals surface area (Å²) < 4.78 is 21.3. The molecule has 38 heavy (non-hydrogen) atoms. The summed E-state index contributed by atoms with van der Waals surface area (Å²) in [6, 6.07) is 11.9. The SMILES string of the molecule is Cc1cn(-c2ccc(Nc3ncc4c(n3)N(C)C3(CCOCC3)C(=O)N4c3ccc(F)cc3)cc2C)cn1. The van der Waals surface area contributed by atoms with Gasteiger partial charge in [-0.1, -0.05) is 0 Å². The van der Waals surface area contributed by atoms with Gasteiger partial charge in [0.15, 0.2) is 5.82 Å². The van der Waals surface area contributed by atoms with Gasteiger partial charge in [-0.25, -0.2) is 14.4 Å². The fourth-order valence-electron chi connectivity index (χ4n) is 5.30. The van der Waals surface area contributed by atoms with E-state index in [4.69, 9.17) is 9.72 Å². The average Bonchev–Trinajstić information content (AvgIpc) is 3.35. The molecular formula is C28H28FN7O2. The molecule has 0 radical (unpaired) electrons. The summed E-state index contributed by atoms with van der Waals surface area (Å²) in [5.41, 5.74) is 4.21. The summed E-state index contributed by atoms with van der Waals surface area (Å²) in [5, 5.41) is 3.31. The number of benzene rings is 2. The van der Waals surface area contributed by atoms with E-state index in [0.29, 0.717) is 49.2 Å². The Balaban J connectivity index is 1.37. The Hall–Kier alpha value is -4.31. The number of imidazole rings is 1. The molecule has 2 aromatic carbocycles. The van der Waals surface area contributed by atoms with Crippen LogP contribution in [0.25, 0.3) is 5.69 Å². The summed E-state index contributed by atoms with van der Waals surface area (Å²) in [6.07, 6.45) is 6.48. The van der Waals surface area contributed by atoms with Crippen LogP contribution in [0.1, 0.15) is 24.1 Å². The van der Waals surface area contributed by atoms with Gasteiger partial charge in [0.1, 0.15) is 17.0 Å². The summed E-state index contributed by atoms with van der Waals surface area (Å²) in [5.74, 6) is 0.580. The molecule has 0 aliphatic carbocycles. The molecule has 0 atom stereocenters. The highest BCUT2D eigenvalue weighted by Gasteiger charge is 2.52. The lowest BCUT2D eigenvalue weighted by Crippen LogP contribution is -2.63. The maximum atomic E-state index is 14.0. The lowest BCUT2D eigenvalue weighted by atomic mass is 9.84. The van der Waals surface area contributed by atoms with Crippen LogP contribution in [0, 0.1) is 19.7 Å². The highest BCUT2D eigenvalue weighted by atomic mass is 19.1. The molecule has 2 aliphatic heterocycles. The number of halogens is 1. The number of nitrogens with zero attached hydrogens (tertiary/aromatic N) is 6. The first-order valence-corrected chi connectivity index (χ1v) is 12.5. The Bertz CT molecular complexity index is 1510. The van der Waals surface area contributed by atoms with E-state index in [1.807, 2.05) is 54.8 Å². The largest absolute Gasteiger partial charge is 0.381 e. The van der Waals surface area contributed by atoms with Crippen LogP contribution in [0.2, 0.25) is 0 Å². The van der Waals surface area contributed by atoms with Crippen molar-refractivity contribution < 1.29 is 13.9 Å². The van der Waals surface area contributed by atoms with Gasteiger partial charge in [-0.3, -0.25) is 9.69 Å². The molecule has 4 aromatic rings. The lowest BCUT2D eigenvalue weighted by Gasteiger charge is -2.50. The van der Waals surface area contributed by atoms with Crippen LogP contribution < -0.4 is 15.1 Å². The Kier molecular flexibility index (Phi) is 5.83. The first-order chi connectivity index (χ1) is 18.4. The molecule has 1 amide bonds. The Morgan fingerprint density at radius 1 is 1.03 bits per heavy atom. The van der Waals surface area contributed by atoms with E-state index in [9.17, 15) is 9.18 Å². The molecule has 6 rings (SSSR count). The molecule has 9 nitrogen and oxygen atoms in total. The maximum Gasteiger partial charge on any atom is 0.257 e. The minimum Gasteiger partial charge on any atom is -0.381 e. The minimum atomic E-state index is -0.813. The first-order valence-electron chi connectivity index (χ1n) is 12.5. The van der Waals surface area contributed by atoms with Gasteiger partial charge < -0.3 is 19.5 Å². The molecule has 1 saturated heterocycles. The molecule has 2 aliphatic rings. The molecule has 4 heterocycles. The zero-order valence-electron chi connectivity index (χ0n) is 21.5. The van der Waals surface area contributed by atoms with Crippen LogP contribution >= 0.6 is 0 Å². The van der Waals surface area contributed by atoms with Crippen molar-refractivity contribution in [2.75, 3.05) is 35.4 Å². The van der Waals surface area contributed by atoms with Crippen molar-refractivity contribution in [3.8, 4) is 5.69 Å². The standard InChI is InChI=1S/C28H28FN7O2/c1-18-14-21(6-9-23(18)35-16-19(2)31-17-35)32-27-30-15-24-25(33-27)34(3)28(10-12-38-13-11-28)26(37)36(24)22-7-4-20(29)5-8-22/h4-9,14-17H,10-13H2,1-3H3,(H,30,32,33). The van der Waals surface area contributed by atoms with Gasteiger partial charge in [0.05, 0.1) is 18.2 Å². The van der Waals surface area contributed by atoms with Gasteiger partial charge in [-0.15, -0.1) is 0 Å². The van der Waals surface area contributed by atoms with Crippen LogP contribution in [-0.4, -0.2) is 51.2 Å². The van der Waals surface area contributed by atoms with Gasteiger partial charge in [-0.05, 0) is 61.9 Å². The minimum absolute atomic E-state index is 0.0901. The number of aromatic nitrogens is 4. The monoisotopic (exact) mass is 513 g/mol. The fraction of sp³-hybridized carbons (Fsp3) is 0.286. The predicted octanol–water partition coefficient (Wildman–Crippen LogP) is 4.83. The maximum absolute atomic E-state index is 14.0. The van der Waals surface area contributed by atoms with Crippen LogP contribution in [0.15, 0.2) is 61.2 Å². The van der Waals surface area contributed by atoms with Crippen molar-refractivity contribution in [1.29, 1.82) is 0 Å². The first kappa shape index (κ1) is 24.1. The summed E-state index contributed by atoms with van der Waals surface area (Å²) in [7, 11) is 1.90. The van der Waals surface area contributed by atoms with Crippen molar-refractivity contribution in [2.24, 2.45) is 0 Å². The summed E-state index contributed by atoms with van der Waals surface area (Å²) in [6.45, 7) is 4.95. The van der Waals surface area contributed by atoms with E-state index in [0.717, 1.165) is 22.6 Å². The van der Waals surface area contributed by atoms with Gasteiger partial charge in [0.25, 0.3) is 5.91 Å². The number of carbonyl (C=O) groups excluding carboxylic acids is 1. The number of likely N-dealkylation sites (N-methyl/N-ethyl adjacent to an activating group) is 1. The number of carbonyl (C=O) groups is 1. The number of nitrogens with one attached hydrogen (secondary N) is 1. The second-order valence-corrected chi connectivity index (χ2v) is 9.77. The normalized spacial score (nSPS) is 16.6.